The second-order valence-corrected chi connectivity index (χ2v) is 7.15. The lowest BCUT2D eigenvalue weighted by molar-refractivity contribution is -0.383. The molecule has 31 heavy (non-hydrogen) atoms. The van der Waals surface area contributed by atoms with Gasteiger partial charge in [-0.2, -0.15) is 0 Å². The molecule has 0 saturated heterocycles. The summed E-state index contributed by atoms with van der Waals surface area (Å²) in [7, 11) is 0. The normalized spacial score (nSPS) is 10.5. The van der Waals surface area contributed by atoms with Gasteiger partial charge in [0.15, 0.2) is 0 Å². The average Bonchev–Trinajstić information content (AvgIpc) is 3.24. The van der Waals surface area contributed by atoms with Gasteiger partial charge in [-0.15, -0.1) is 11.3 Å². The smallest absolute Gasteiger partial charge is 0.323 e. The van der Waals surface area contributed by atoms with Crippen LogP contribution in [0.25, 0.3) is 21.8 Å². The van der Waals surface area contributed by atoms with Crippen molar-refractivity contribution in [1.29, 1.82) is 0 Å². The summed E-state index contributed by atoms with van der Waals surface area (Å²) in [5.74, 6) is 0.345. The van der Waals surface area contributed by atoms with Crippen molar-refractivity contribution in [3.8, 4) is 21.8 Å². The van der Waals surface area contributed by atoms with E-state index in [1.807, 2.05) is 11.4 Å². The van der Waals surface area contributed by atoms with Crippen LogP contribution in [-0.4, -0.2) is 25.9 Å². The van der Waals surface area contributed by atoms with Crippen LogP contribution in [0.1, 0.15) is 0 Å². The van der Waals surface area contributed by atoms with Crippen LogP contribution in [0.15, 0.2) is 66.4 Å². The fourth-order valence-corrected chi connectivity index (χ4v) is 3.66. The number of aromatic nitrogens is 3. The Morgan fingerprint density at radius 1 is 1.13 bits per heavy atom. The first-order chi connectivity index (χ1) is 15.0. The Bertz CT molecular complexity index is 1270. The van der Waals surface area contributed by atoms with Gasteiger partial charge in [0, 0.05) is 28.9 Å². The molecule has 11 heteroatoms. The van der Waals surface area contributed by atoms with Gasteiger partial charge in [0.1, 0.15) is 22.8 Å². The summed E-state index contributed by atoms with van der Waals surface area (Å²) in [6.45, 7) is 0. The molecule has 0 atom stereocenters. The van der Waals surface area contributed by atoms with Gasteiger partial charge in [-0.05, 0) is 18.2 Å². The summed E-state index contributed by atoms with van der Waals surface area (Å²) in [6.07, 6.45) is 2.98. The number of carbonyl (C=O) groups is 1. The minimum atomic E-state index is -0.598. The number of hydrogen-bond donors (Lipinski definition) is 3. The molecule has 10 nitrogen and oxygen atoms in total. The molecule has 0 aliphatic heterocycles. The highest BCUT2D eigenvalue weighted by Crippen LogP contribution is 2.31. The molecule has 2 aromatic heterocycles. The third-order valence-electron chi connectivity index (χ3n) is 4.24. The molecular formula is C20H15N7O3S. The summed E-state index contributed by atoms with van der Waals surface area (Å²) in [6, 6.07) is 12.4. The van der Waals surface area contributed by atoms with Gasteiger partial charge >= 0.3 is 6.03 Å². The number of thiazole rings is 1. The molecule has 0 aliphatic carbocycles. The Morgan fingerprint density at radius 2 is 1.97 bits per heavy atom. The van der Waals surface area contributed by atoms with E-state index >= 15 is 0 Å². The van der Waals surface area contributed by atoms with Gasteiger partial charge in [0.05, 0.1) is 16.2 Å². The van der Waals surface area contributed by atoms with Gasteiger partial charge in [-0.1, -0.05) is 24.3 Å². The molecule has 0 fully saturated rings. The Hall–Kier alpha value is -4.38. The van der Waals surface area contributed by atoms with E-state index in [1.165, 1.54) is 35.9 Å². The number of nitrogens with one attached hydrogen (secondary N) is 2. The molecule has 0 saturated carbocycles. The van der Waals surface area contributed by atoms with Crippen LogP contribution in [-0.2, 0) is 0 Å². The first-order valence-electron chi connectivity index (χ1n) is 8.94. The van der Waals surface area contributed by atoms with Gasteiger partial charge in [0.2, 0.25) is 0 Å². The molecule has 2 aromatic carbocycles. The number of hydrogen-bond acceptors (Lipinski definition) is 8. The van der Waals surface area contributed by atoms with Crippen molar-refractivity contribution in [2.45, 2.75) is 0 Å². The maximum absolute atomic E-state index is 12.3. The number of nitrogens with two attached hydrogens (primary N) is 1. The molecule has 0 bridgehead atoms. The minimum Gasteiger partial charge on any atom is -0.383 e. The predicted octanol–water partition coefficient (Wildman–Crippen LogP) is 4.40. The highest BCUT2D eigenvalue weighted by molar-refractivity contribution is 7.13. The number of nitro benzene ring substituents is 1. The van der Waals surface area contributed by atoms with E-state index in [9.17, 15) is 14.9 Å². The van der Waals surface area contributed by atoms with Crippen molar-refractivity contribution in [3.63, 3.8) is 0 Å². The van der Waals surface area contributed by atoms with Gasteiger partial charge in [0.25, 0.3) is 5.69 Å². The van der Waals surface area contributed by atoms with Crippen LogP contribution in [0.3, 0.4) is 0 Å². The predicted molar refractivity (Wildman–Crippen MR) is 119 cm³/mol. The third kappa shape index (κ3) is 4.46. The molecule has 0 aliphatic rings. The van der Waals surface area contributed by atoms with E-state index in [1.54, 1.807) is 30.5 Å². The number of urea groups is 1. The number of nitrogens with zero attached hydrogens (tertiary/aromatic N) is 4. The number of nitro groups is 1. The first-order valence-corrected chi connectivity index (χ1v) is 9.82. The van der Waals surface area contributed by atoms with Crippen LogP contribution in [0.5, 0.6) is 0 Å². The fourth-order valence-electron chi connectivity index (χ4n) is 2.81. The third-order valence-corrected chi connectivity index (χ3v) is 5.12. The van der Waals surface area contributed by atoms with E-state index in [-0.39, 0.29) is 11.4 Å². The summed E-state index contributed by atoms with van der Waals surface area (Å²) >= 11 is 1.40. The molecule has 0 radical (unpaired) electrons. The second kappa shape index (κ2) is 8.55. The summed E-state index contributed by atoms with van der Waals surface area (Å²) in [5.41, 5.74) is 8.44. The van der Waals surface area contributed by atoms with E-state index in [0.29, 0.717) is 27.8 Å². The number of para-hydroxylation sites is 2. The van der Waals surface area contributed by atoms with Crippen LogP contribution < -0.4 is 16.4 Å². The molecule has 4 N–H and O–H groups in total. The van der Waals surface area contributed by atoms with Crippen LogP contribution in [0.4, 0.5) is 27.7 Å². The first kappa shape index (κ1) is 19.9. The van der Waals surface area contributed by atoms with Crippen molar-refractivity contribution >= 4 is 40.2 Å². The van der Waals surface area contributed by atoms with Crippen molar-refractivity contribution in [2.75, 3.05) is 16.4 Å². The fraction of sp³-hybridized carbons (Fsp3) is 0. The van der Waals surface area contributed by atoms with Crippen LogP contribution >= 0.6 is 11.3 Å². The number of anilines is 3. The van der Waals surface area contributed by atoms with Crippen LogP contribution in [0, 0.1) is 10.1 Å². The van der Waals surface area contributed by atoms with Crippen LogP contribution in [0.2, 0.25) is 0 Å². The second-order valence-electron chi connectivity index (χ2n) is 6.29. The molecule has 4 aromatic rings. The number of benzene rings is 2. The summed E-state index contributed by atoms with van der Waals surface area (Å²) in [5, 5.41) is 18.8. The van der Waals surface area contributed by atoms with Crippen molar-refractivity contribution < 1.29 is 9.72 Å². The zero-order chi connectivity index (χ0) is 21.8. The summed E-state index contributed by atoms with van der Waals surface area (Å²) < 4.78 is 0. The topological polar surface area (TPSA) is 149 Å². The summed E-state index contributed by atoms with van der Waals surface area (Å²) in [4.78, 5) is 35.4. The van der Waals surface area contributed by atoms with Gasteiger partial charge < -0.3 is 16.4 Å². The average molecular weight is 433 g/mol. The number of carbonyl (C=O) groups excluding carboxylic acids is 1. The Balaban J connectivity index is 1.51. The maximum atomic E-state index is 12.3. The Kier molecular flexibility index (Phi) is 5.49. The molecule has 0 spiro atoms. The molecular weight excluding hydrogens is 418 g/mol. The van der Waals surface area contributed by atoms with E-state index in [0.717, 1.165) is 5.56 Å². The lowest BCUT2D eigenvalue weighted by Gasteiger charge is -2.09. The molecule has 4 rings (SSSR count). The highest BCUT2D eigenvalue weighted by Gasteiger charge is 2.15. The quantitative estimate of drug-likeness (QED) is 0.312. The van der Waals surface area contributed by atoms with E-state index < -0.39 is 11.0 Å². The zero-order valence-corrected chi connectivity index (χ0v) is 16.7. The Labute approximate surface area is 180 Å². The standard InChI is InChI=1S/C20H15N7O3S/c21-18-14(9-22-11-23-18)19-25-16(10-31-19)12-4-3-5-13(8-12)24-20(28)26-15-6-1-2-7-17(15)27(29)30/h1-11H,(H2,21,22,23)(H2,24,26,28). The monoisotopic (exact) mass is 433 g/mol. The van der Waals surface area contributed by atoms with Crippen molar-refractivity contribution in [2.24, 2.45) is 0 Å². The Morgan fingerprint density at radius 3 is 2.77 bits per heavy atom. The largest absolute Gasteiger partial charge is 0.383 e. The highest BCUT2D eigenvalue weighted by atomic mass is 32.1. The number of amides is 2. The zero-order valence-electron chi connectivity index (χ0n) is 15.9. The minimum absolute atomic E-state index is 0.105. The number of nitrogen functional groups attached to an aromatic ring is 1. The van der Waals surface area contributed by atoms with Crippen molar-refractivity contribution in [1.82, 2.24) is 15.0 Å². The molecule has 0 unspecified atom stereocenters. The van der Waals surface area contributed by atoms with E-state index in [4.69, 9.17) is 5.73 Å². The molecule has 2 heterocycles. The van der Waals surface area contributed by atoms with E-state index in [2.05, 4.69) is 25.6 Å². The van der Waals surface area contributed by atoms with Gasteiger partial charge in [-0.3, -0.25) is 10.1 Å². The molecule has 2 amide bonds. The lowest BCUT2D eigenvalue weighted by atomic mass is 10.1. The molecule has 154 valence electrons. The number of rotatable bonds is 5. The van der Waals surface area contributed by atoms with Crippen molar-refractivity contribution in [3.05, 3.63) is 76.5 Å². The lowest BCUT2D eigenvalue weighted by Crippen LogP contribution is -2.20. The maximum Gasteiger partial charge on any atom is 0.323 e. The van der Waals surface area contributed by atoms with Gasteiger partial charge in [-0.25, -0.2) is 19.7 Å². The SMILES string of the molecule is Nc1ncncc1-c1nc(-c2cccc(NC(=O)Nc3ccccc3[N+](=O)[O-])c2)cs1.